The van der Waals surface area contributed by atoms with Crippen LogP contribution >= 0.6 is 15.9 Å². The molecule has 0 spiro atoms. The molecular weight excluding hydrogens is 327 g/mol. The van der Waals surface area contributed by atoms with E-state index in [0.717, 1.165) is 37.5 Å². The fourth-order valence-corrected chi connectivity index (χ4v) is 2.65. The first-order valence-corrected chi connectivity index (χ1v) is 7.22. The smallest absolute Gasteiger partial charge is 0.171 e. The first kappa shape index (κ1) is 13.4. The minimum Gasteiger partial charge on any atom is -0.483 e. The molecule has 1 aromatic heterocycles. The molecule has 20 heavy (non-hydrogen) atoms. The molecule has 1 aliphatic rings. The van der Waals surface area contributed by atoms with Gasteiger partial charge in [-0.3, -0.25) is 0 Å². The van der Waals surface area contributed by atoms with Crippen molar-refractivity contribution in [1.29, 1.82) is 0 Å². The van der Waals surface area contributed by atoms with Gasteiger partial charge in [-0.25, -0.2) is 4.39 Å². The number of benzene rings is 1. The minimum atomic E-state index is -0.405. The molecule has 2 aromatic rings. The van der Waals surface area contributed by atoms with Gasteiger partial charge >= 0.3 is 0 Å². The Labute approximate surface area is 124 Å². The lowest BCUT2D eigenvalue weighted by atomic mass is 10.2. The average molecular weight is 341 g/mol. The summed E-state index contributed by atoms with van der Waals surface area (Å²) < 4.78 is 21.4. The van der Waals surface area contributed by atoms with Crippen molar-refractivity contribution in [3.8, 4) is 5.75 Å². The normalized spacial score (nSPS) is 14.1. The molecule has 0 atom stereocenters. The Morgan fingerprint density at radius 2 is 2.20 bits per heavy atom. The van der Waals surface area contributed by atoms with E-state index in [4.69, 9.17) is 10.5 Å². The van der Waals surface area contributed by atoms with Crippen molar-refractivity contribution in [2.45, 2.75) is 32.4 Å². The maximum absolute atomic E-state index is 13.5. The zero-order valence-electron chi connectivity index (χ0n) is 10.8. The van der Waals surface area contributed by atoms with Crippen LogP contribution in [0, 0.1) is 5.82 Å². The first-order valence-electron chi connectivity index (χ1n) is 6.43. The molecule has 1 aromatic carbocycles. The summed E-state index contributed by atoms with van der Waals surface area (Å²) in [4.78, 5) is 0. The van der Waals surface area contributed by atoms with Gasteiger partial charge in [-0.1, -0.05) is 0 Å². The van der Waals surface area contributed by atoms with Crippen molar-refractivity contribution < 1.29 is 9.13 Å². The molecule has 0 aliphatic carbocycles. The van der Waals surface area contributed by atoms with Crippen molar-refractivity contribution in [2.75, 3.05) is 5.73 Å². The van der Waals surface area contributed by atoms with Gasteiger partial charge in [-0.2, -0.15) is 0 Å². The number of nitrogens with zero attached hydrogens (tertiary/aromatic N) is 3. The molecule has 0 unspecified atom stereocenters. The van der Waals surface area contributed by atoms with Crippen LogP contribution in [0.5, 0.6) is 5.75 Å². The minimum absolute atomic E-state index is 0.234. The van der Waals surface area contributed by atoms with E-state index in [2.05, 4.69) is 30.7 Å². The van der Waals surface area contributed by atoms with Crippen LogP contribution in [-0.2, 0) is 19.6 Å². The second kappa shape index (κ2) is 5.40. The molecule has 3 rings (SSSR count). The first-order chi connectivity index (χ1) is 9.65. The van der Waals surface area contributed by atoms with E-state index in [1.54, 1.807) is 0 Å². The Morgan fingerprint density at radius 1 is 1.35 bits per heavy atom. The molecule has 0 bridgehead atoms. The van der Waals surface area contributed by atoms with Gasteiger partial charge < -0.3 is 15.0 Å². The van der Waals surface area contributed by atoms with Gasteiger partial charge in [0.2, 0.25) is 0 Å². The van der Waals surface area contributed by atoms with Crippen LogP contribution in [0.2, 0.25) is 0 Å². The highest BCUT2D eigenvalue weighted by Gasteiger charge is 2.16. The summed E-state index contributed by atoms with van der Waals surface area (Å²) in [5.74, 6) is 1.66. The molecule has 0 saturated carbocycles. The molecule has 2 heterocycles. The highest BCUT2D eigenvalue weighted by Crippen LogP contribution is 2.29. The Balaban J connectivity index is 1.77. The molecule has 0 amide bonds. The van der Waals surface area contributed by atoms with Crippen LogP contribution in [0.1, 0.15) is 24.5 Å². The third kappa shape index (κ3) is 2.49. The quantitative estimate of drug-likeness (QED) is 0.872. The second-order valence-electron chi connectivity index (χ2n) is 4.73. The van der Waals surface area contributed by atoms with Gasteiger partial charge in [0.25, 0.3) is 0 Å². The molecule has 7 heteroatoms. The Kier molecular flexibility index (Phi) is 3.60. The van der Waals surface area contributed by atoms with Crippen LogP contribution in [0.4, 0.5) is 10.1 Å². The van der Waals surface area contributed by atoms with E-state index in [-0.39, 0.29) is 6.61 Å². The van der Waals surface area contributed by atoms with Crippen LogP contribution in [0.3, 0.4) is 0 Å². The number of hydrogen-bond donors (Lipinski definition) is 1. The SMILES string of the molecule is Nc1cc(Br)c(F)cc1OCc1nnc2n1CCCC2. The van der Waals surface area contributed by atoms with E-state index in [1.165, 1.54) is 12.1 Å². The Hall–Kier alpha value is -1.63. The highest BCUT2D eigenvalue weighted by atomic mass is 79.9. The zero-order valence-corrected chi connectivity index (χ0v) is 12.4. The number of hydrogen-bond acceptors (Lipinski definition) is 4. The number of anilines is 1. The molecule has 0 radical (unpaired) electrons. The van der Waals surface area contributed by atoms with E-state index >= 15 is 0 Å². The topological polar surface area (TPSA) is 66.0 Å². The number of ether oxygens (including phenoxy) is 1. The summed E-state index contributed by atoms with van der Waals surface area (Å²) in [5.41, 5.74) is 6.19. The summed E-state index contributed by atoms with van der Waals surface area (Å²) in [6.45, 7) is 1.14. The number of rotatable bonds is 3. The van der Waals surface area contributed by atoms with Crippen molar-refractivity contribution in [3.63, 3.8) is 0 Å². The molecule has 106 valence electrons. The summed E-state index contributed by atoms with van der Waals surface area (Å²) in [5, 5.41) is 8.27. The maximum atomic E-state index is 13.5. The largest absolute Gasteiger partial charge is 0.483 e. The molecule has 2 N–H and O–H groups in total. The predicted octanol–water partition coefficient (Wildman–Crippen LogP) is 2.68. The lowest BCUT2D eigenvalue weighted by molar-refractivity contribution is 0.286. The van der Waals surface area contributed by atoms with Gasteiger partial charge in [-0.05, 0) is 34.8 Å². The van der Waals surface area contributed by atoms with E-state index in [1.807, 2.05) is 0 Å². The second-order valence-corrected chi connectivity index (χ2v) is 5.59. The predicted molar refractivity (Wildman–Crippen MR) is 75.8 cm³/mol. The van der Waals surface area contributed by atoms with Gasteiger partial charge in [0.15, 0.2) is 5.82 Å². The Bertz CT molecular complexity index is 644. The molecule has 0 fully saturated rings. The van der Waals surface area contributed by atoms with E-state index in [9.17, 15) is 4.39 Å². The van der Waals surface area contributed by atoms with Crippen LogP contribution in [0.25, 0.3) is 0 Å². The summed E-state index contributed by atoms with van der Waals surface area (Å²) in [7, 11) is 0. The number of aromatic nitrogens is 3. The molecule has 5 nitrogen and oxygen atoms in total. The molecular formula is C13H14BrFN4O. The van der Waals surface area contributed by atoms with E-state index < -0.39 is 5.82 Å². The van der Waals surface area contributed by atoms with Crippen molar-refractivity contribution in [3.05, 3.63) is 34.1 Å². The summed E-state index contributed by atoms with van der Waals surface area (Å²) in [6.07, 6.45) is 3.21. The third-order valence-electron chi connectivity index (χ3n) is 3.35. The fourth-order valence-electron chi connectivity index (χ4n) is 2.29. The summed E-state index contributed by atoms with van der Waals surface area (Å²) in [6, 6.07) is 2.76. The third-order valence-corrected chi connectivity index (χ3v) is 3.95. The zero-order chi connectivity index (χ0) is 14.1. The fraction of sp³-hybridized carbons (Fsp3) is 0.385. The van der Waals surface area contributed by atoms with E-state index in [0.29, 0.717) is 15.9 Å². The number of fused-ring (bicyclic) bond motifs is 1. The van der Waals surface area contributed by atoms with Crippen molar-refractivity contribution >= 4 is 21.6 Å². The standard InChI is InChI=1S/C13H14BrFN4O/c14-8-5-10(16)11(6-9(8)15)20-7-13-18-17-12-3-1-2-4-19(12)13/h5-6H,1-4,7,16H2. The molecule has 0 saturated heterocycles. The van der Waals surface area contributed by atoms with Crippen molar-refractivity contribution in [2.24, 2.45) is 0 Å². The van der Waals surface area contributed by atoms with Crippen LogP contribution in [-0.4, -0.2) is 14.8 Å². The lowest BCUT2D eigenvalue weighted by Gasteiger charge is -2.15. The average Bonchev–Trinajstić information content (AvgIpc) is 2.85. The number of nitrogen functional groups attached to an aromatic ring is 1. The highest BCUT2D eigenvalue weighted by molar-refractivity contribution is 9.10. The number of nitrogens with two attached hydrogens (primary N) is 1. The van der Waals surface area contributed by atoms with Crippen LogP contribution < -0.4 is 10.5 Å². The summed E-state index contributed by atoms with van der Waals surface area (Å²) >= 11 is 3.08. The van der Waals surface area contributed by atoms with Crippen LogP contribution in [0.15, 0.2) is 16.6 Å². The number of aryl methyl sites for hydroxylation is 1. The lowest BCUT2D eigenvalue weighted by Crippen LogP contribution is -2.14. The van der Waals surface area contributed by atoms with Gasteiger partial charge in [0, 0.05) is 19.0 Å². The monoisotopic (exact) mass is 340 g/mol. The van der Waals surface area contributed by atoms with Gasteiger partial charge in [0.05, 0.1) is 10.2 Å². The maximum Gasteiger partial charge on any atom is 0.171 e. The van der Waals surface area contributed by atoms with Gasteiger partial charge in [0.1, 0.15) is 24.0 Å². The number of halogens is 2. The molecule has 1 aliphatic heterocycles. The Morgan fingerprint density at radius 3 is 3.05 bits per heavy atom. The van der Waals surface area contributed by atoms with Crippen molar-refractivity contribution in [1.82, 2.24) is 14.8 Å². The van der Waals surface area contributed by atoms with Gasteiger partial charge in [-0.15, -0.1) is 10.2 Å².